The Balaban J connectivity index is 2.84. The molecule has 0 atom stereocenters. The van der Waals surface area contributed by atoms with Gasteiger partial charge in [-0.25, -0.2) is 8.42 Å². The summed E-state index contributed by atoms with van der Waals surface area (Å²) < 4.78 is 25.8. The first kappa shape index (κ1) is 16.2. The molecule has 0 saturated carbocycles. The van der Waals surface area contributed by atoms with Crippen LogP contribution in [0.4, 0.5) is 0 Å². The summed E-state index contributed by atoms with van der Waals surface area (Å²) in [6.07, 6.45) is 3.23. The zero-order valence-corrected chi connectivity index (χ0v) is 12.9. The second kappa shape index (κ2) is 7.68. The highest BCUT2D eigenvalue weighted by molar-refractivity contribution is 7.92. The first-order valence-electron chi connectivity index (χ1n) is 6.43. The molecule has 0 bridgehead atoms. The van der Waals surface area contributed by atoms with E-state index in [-0.39, 0.29) is 0 Å². The van der Waals surface area contributed by atoms with Gasteiger partial charge in [-0.1, -0.05) is 37.6 Å². The molecule has 0 fully saturated rings. The third-order valence-electron chi connectivity index (χ3n) is 2.61. The minimum Gasteiger partial charge on any atom is -0.208 e. The molecule has 0 aromatic heterocycles. The molecule has 1 aromatic carbocycles. The number of hydrogen-bond acceptors (Lipinski definition) is 2. The van der Waals surface area contributed by atoms with E-state index in [0.717, 1.165) is 18.4 Å². The summed E-state index contributed by atoms with van der Waals surface area (Å²) in [7, 11) is -3.34. The van der Waals surface area contributed by atoms with Crippen molar-refractivity contribution in [3.63, 3.8) is 0 Å². The molecule has 0 unspecified atom stereocenters. The summed E-state index contributed by atoms with van der Waals surface area (Å²) >= 11 is 5.78. The Morgan fingerprint density at radius 1 is 1.11 bits per heavy atom. The smallest absolute Gasteiger partial charge is 0.208 e. The van der Waals surface area contributed by atoms with Crippen molar-refractivity contribution in [2.45, 2.75) is 26.7 Å². The van der Waals surface area contributed by atoms with Crippen molar-refractivity contribution in [2.24, 2.45) is 0 Å². The fourth-order valence-electron chi connectivity index (χ4n) is 1.69. The maximum absolute atomic E-state index is 12.2. The highest BCUT2D eigenvalue weighted by Gasteiger charge is 2.16. The van der Waals surface area contributed by atoms with Crippen molar-refractivity contribution in [2.75, 3.05) is 13.1 Å². The molecular weight excluding hydrogens is 282 g/mol. The van der Waals surface area contributed by atoms with Crippen molar-refractivity contribution in [1.82, 2.24) is 4.31 Å². The Morgan fingerprint density at radius 3 is 2.11 bits per heavy atom. The molecule has 19 heavy (non-hydrogen) atoms. The summed E-state index contributed by atoms with van der Waals surface area (Å²) in [6, 6.07) is 7.06. The van der Waals surface area contributed by atoms with E-state index in [1.807, 2.05) is 13.8 Å². The van der Waals surface area contributed by atoms with Crippen LogP contribution >= 0.6 is 11.6 Å². The lowest BCUT2D eigenvalue weighted by atomic mass is 10.2. The highest BCUT2D eigenvalue weighted by atomic mass is 35.5. The van der Waals surface area contributed by atoms with E-state index in [1.165, 1.54) is 9.71 Å². The molecule has 3 nitrogen and oxygen atoms in total. The van der Waals surface area contributed by atoms with E-state index in [0.29, 0.717) is 18.1 Å². The lowest BCUT2D eigenvalue weighted by molar-refractivity contribution is 0.416. The highest BCUT2D eigenvalue weighted by Crippen LogP contribution is 2.13. The zero-order valence-electron chi connectivity index (χ0n) is 11.3. The number of benzene rings is 1. The lowest BCUT2D eigenvalue weighted by Gasteiger charge is -2.18. The van der Waals surface area contributed by atoms with Gasteiger partial charge < -0.3 is 0 Å². The monoisotopic (exact) mass is 301 g/mol. The van der Waals surface area contributed by atoms with Gasteiger partial charge in [-0.2, -0.15) is 4.31 Å². The Morgan fingerprint density at radius 2 is 1.63 bits per heavy atom. The van der Waals surface area contributed by atoms with Gasteiger partial charge in [-0.3, -0.25) is 0 Å². The van der Waals surface area contributed by atoms with Crippen molar-refractivity contribution in [1.29, 1.82) is 0 Å². The topological polar surface area (TPSA) is 37.4 Å². The molecule has 0 aliphatic heterocycles. The lowest BCUT2D eigenvalue weighted by Crippen LogP contribution is -2.30. The van der Waals surface area contributed by atoms with Gasteiger partial charge in [0.15, 0.2) is 0 Å². The number of sulfonamides is 1. The largest absolute Gasteiger partial charge is 0.236 e. The predicted molar refractivity (Wildman–Crippen MR) is 81.6 cm³/mol. The Bertz CT molecular complexity index is 503. The van der Waals surface area contributed by atoms with E-state index in [4.69, 9.17) is 11.6 Å². The van der Waals surface area contributed by atoms with Gasteiger partial charge in [0.05, 0.1) is 0 Å². The van der Waals surface area contributed by atoms with Crippen LogP contribution in [-0.2, 0) is 10.0 Å². The van der Waals surface area contributed by atoms with Crippen LogP contribution in [0, 0.1) is 0 Å². The van der Waals surface area contributed by atoms with Crippen LogP contribution in [-0.4, -0.2) is 25.8 Å². The first-order valence-corrected chi connectivity index (χ1v) is 8.31. The van der Waals surface area contributed by atoms with Crippen molar-refractivity contribution < 1.29 is 8.42 Å². The molecule has 1 rings (SSSR count). The van der Waals surface area contributed by atoms with Gasteiger partial charge in [0, 0.05) is 23.5 Å². The second-order valence-corrected chi connectivity index (χ2v) is 6.55. The molecule has 1 aromatic rings. The maximum atomic E-state index is 12.2. The molecule has 0 spiro atoms. The molecule has 106 valence electrons. The third-order valence-corrected chi connectivity index (χ3v) is 4.43. The van der Waals surface area contributed by atoms with Crippen LogP contribution in [0.25, 0.3) is 6.08 Å². The number of rotatable bonds is 7. The molecular formula is C14H20ClNO2S. The van der Waals surface area contributed by atoms with Crippen molar-refractivity contribution >= 4 is 27.7 Å². The summed E-state index contributed by atoms with van der Waals surface area (Å²) in [5, 5.41) is 1.90. The fraction of sp³-hybridized carbons (Fsp3) is 0.429. The van der Waals surface area contributed by atoms with Crippen LogP contribution in [0.1, 0.15) is 32.3 Å². The van der Waals surface area contributed by atoms with E-state index >= 15 is 0 Å². The Hall–Kier alpha value is -0.840. The van der Waals surface area contributed by atoms with E-state index in [9.17, 15) is 8.42 Å². The fourth-order valence-corrected chi connectivity index (χ4v) is 3.19. The molecule has 0 saturated heterocycles. The molecule has 5 heteroatoms. The minimum atomic E-state index is -3.34. The van der Waals surface area contributed by atoms with Crippen LogP contribution in [0.5, 0.6) is 0 Å². The van der Waals surface area contributed by atoms with Gasteiger partial charge in [-0.05, 0) is 36.6 Å². The maximum Gasteiger partial charge on any atom is 0.236 e. The molecule has 0 radical (unpaired) electrons. The molecule has 0 heterocycles. The van der Waals surface area contributed by atoms with Crippen LogP contribution in [0.2, 0.25) is 5.02 Å². The van der Waals surface area contributed by atoms with Gasteiger partial charge in [-0.15, -0.1) is 0 Å². The normalized spacial score (nSPS) is 12.4. The quantitative estimate of drug-likeness (QED) is 0.769. The Labute approximate surface area is 120 Å². The van der Waals surface area contributed by atoms with Crippen LogP contribution in [0.15, 0.2) is 29.7 Å². The summed E-state index contributed by atoms with van der Waals surface area (Å²) in [6.45, 7) is 5.06. The minimum absolute atomic E-state index is 0.557. The average molecular weight is 302 g/mol. The number of halogens is 1. The van der Waals surface area contributed by atoms with E-state index in [2.05, 4.69) is 0 Å². The molecule has 0 aliphatic carbocycles. The number of hydrogen-bond donors (Lipinski definition) is 0. The standard InChI is InChI=1S/C14H20ClNO2S/c1-3-10-16(11-4-2)19(17,18)12-9-13-5-7-14(15)8-6-13/h5-9,12H,3-4,10-11H2,1-2H3/b12-9+. The summed E-state index contributed by atoms with van der Waals surface area (Å²) in [4.78, 5) is 0. The summed E-state index contributed by atoms with van der Waals surface area (Å²) in [5.74, 6) is 0. The zero-order chi connectivity index (χ0) is 14.3. The number of nitrogens with zero attached hydrogens (tertiary/aromatic N) is 1. The Kier molecular flexibility index (Phi) is 6.55. The second-order valence-electron chi connectivity index (χ2n) is 4.30. The van der Waals surface area contributed by atoms with Crippen molar-refractivity contribution in [3.05, 3.63) is 40.3 Å². The van der Waals surface area contributed by atoms with Crippen molar-refractivity contribution in [3.8, 4) is 0 Å². The SMILES string of the molecule is CCCN(CCC)S(=O)(=O)/C=C/c1ccc(Cl)cc1. The van der Waals surface area contributed by atoms with Gasteiger partial charge in [0.25, 0.3) is 0 Å². The molecule has 0 N–H and O–H groups in total. The van der Waals surface area contributed by atoms with Gasteiger partial charge in [0.2, 0.25) is 10.0 Å². The van der Waals surface area contributed by atoms with Gasteiger partial charge >= 0.3 is 0 Å². The third kappa shape index (κ3) is 5.35. The first-order chi connectivity index (χ1) is 8.99. The van der Waals surface area contributed by atoms with E-state index < -0.39 is 10.0 Å². The van der Waals surface area contributed by atoms with Crippen LogP contribution < -0.4 is 0 Å². The summed E-state index contributed by atoms with van der Waals surface area (Å²) in [5.41, 5.74) is 0.820. The molecule has 0 aliphatic rings. The molecule has 0 amide bonds. The average Bonchev–Trinajstić information content (AvgIpc) is 2.38. The van der Waals surface area contributed by atoms with Gasteiger partial charge in [0.1, 0.15) is 0 Å². The predicted octanol–water partition coefficient (Wildman–Crippen LogP) is 3.76. The van der Waals surface area contributed by atoms with E-state index in [1.54, 1.807) is 30.3 Å². The van der Waals surface area contributed by atoms with Crippen LogP contribution in [0.3, 0.4) is 0 Å².